The van der Waals surface area contributed by atoms with Crippen LogP contribution in [0, 0.1) is 0 Å². The van der Waals surface area contributed by atoms with Gasteiger partial charge < -0.3 is 14.7 Å². The minimum Gasteiger partial charge on any atom is -0.466 e. The molecule has 6 nitrogen and oxygen atoms in total. The SMILES string of the molecule is CCOC(=O)CCN1CCC(O)(c2ccc(C=O)cn2)CC1. The number of aliphatic hydroxyl groups is 1. The molecule has 1 fully saturated rings. The summed E-state index contributed by atoms with van der Waals surface area (Å²) in [6, 6.07) is 3.37. The van der Waals surface area contributed by atoms with Crippen molar-refractivity contribution < 1.29 is 19.4 Å². The van der Waals surface area contributed by atoms with E-state index in [0.717, 1.165) is 6.29 Å². The zero-order valence-corrected chi connectivity index (χ0v) is 12.8. The fourth-order valence-corrected chi connectivity index (χ4v) is 2.64. The first kappa shape index (κ1) is 16.6. The van der Waals surface area contributed by atoms with E-state index in [4.69, 9.17) is 4.74 Å². The number of rotatable bonds is 6. The van der Waals surface area contributed by atoms with Crippen LogP contribution in [-0.2, 0) is 15.1 Å². The molecule has 0 saturated carbocycles. The van der Waals surface area contributed by atoms with Gasteiger partial charge in [-0.3, -0.25) is 14.6 Å². The number of hydrogen-bond acceptors (Lipinski definition) is 6. The highest BCUT2D eigenvalue weighted by molar-refractivity contribution is 5.73. The Kier molecular flexibility index (Phi) is 5.63. The fourth-order valence-electron chi connectivity index (χ4n) is 2.64. The van der Waals surface area contributed by atoms with Gasteiger partial charge in [-0.25, -0.2) is 0 Å². The number of pyridine rings is 1. The van der Waals surface area contributed by atoms with Crippen LogP contribution in [0.1, 0.15) is 42.2 Å². The van der Waals surface area contributed by atoms with E-state index in [9.17, 15) is 14.7 Å². The second kappa shape index (κ2) is 7.47. The molecule has 2 rings (SSSR count). The van der Waals surface area contributed by atoms with Crippen LogP contribution < -0.4 is 0 Å². The third kappa shape index (κ3) is 4.11. The molecule has 0 atom stereocenters. The minimum atomic E-state index is -0.957. The summed E-state index contributed by atoms with van der Waals surface area (Å²) in [6.07, 6.45) is 3.71. The van der Waals surface area contributed by atoms with Crippen LogP contribution in [-0.4, -0.2) is 53.5 Å². The Hall–Kier alpha value is -1.79. The van der Waals surface area contributed by atoms with Crippen molar-refractivity contribution in [1.29, 1.82) is 0 Å². The van der Waals surface area contributed by atoms with Gasteiger partial charge in [-0.15, -0.1) is 0 Å². The van der Waals surface area contributed by atoms with Crippen LogP contribution in [0.25, 0.3) is 0 Å². The average Bonchev–Trinajstić information content (AvgIpc) is 2.55. The zero-order valence-electron chi connectivity index (χ0n) is 12.8. The molecule has 0 bridgehead atoms. The number of likely N-dealkylation sites (tertiary alicyclic amines) is 1. The van der Waals surface area contributed by atoms with Crippen LogP contribution in [0.3, 0.4) is 0 Å². The molecule has 0 radical (unpaired) electrons. The lowest BCUT2D eigenvalue weighted by Gasteiger charge is -2.37. The van der Waals surface area contributed by atoms with Crippen LogP contribution in [0.5, 0.6) is 0 Å². The number of carbonyl (C=O) groups excluding carboxylic acids is 2. The maximum absolute atomic E-state index is 11.4. The highest BCUT2D eigenvalue weighted by Gasteiger charge is 2.35. The summed E-state index contributed by atoms with van der Waals surface area (Å²) in [5, 5.41) is 10.7. The smallest absolute Gasteiger partial charge is 0.307 e. The van der Waals surface area contributed by atoms with Crippen molar-refractivity contribution in [2.75, 3.05) is 26.2 Å². The molecule has 1 aromatic heterocycles. The molecule has 0 aliphatic carbocycles. The highest BCUT2D eigenvalue weighted by atomic mass is 16.5. The quantitative estimate of drug-likeness (QED) is 0.627. The lowest BCUT2D eigenvalue weighted by Crippen LogP contribution is -2.43. The summed E-state index contributed by atoms with van der Waals surface area (Å²) in [5.74, 6) is -0.186. The van der Waals surface area contributed by atoms with E-state index in [1.54, 1.807) is 19.1 Å². The number of aromatic nitrogens is 1. The number of carbonyl (C=O) groups is 2. The van der Waals surface area contributed by atoms with Gasteiger partial charge in [0.1, 0.15) is 5.60 Å². The minimum absolute atomic E-state index is 0.186. The lowest BCUT2D eigenvalue weighted by atomic mass is 9.87. The molecule has 2 heterocycles. The molecule has 22 heavy (non-hydrogen) atoms. The maximum atomic E-state index is 11.4. The number of aldehydes is 1. The number of hydrogen-bond donors (Lipinski definition) is 1. The van der Waals surface area contributed by atoms with E-state index in [-0.39, 0.29) is 5.97 Å². The van der Waals surface area contributed by atoms with E-state index >= 15 is 0 Å². The zero-order chi connectivity index (χ0) is 16.0. The van der Waals surface area contributed by atoms with Gasteiger partial charge in [0.25, 0.3) is 0 Å². The van der Waals surface area contributed by atoms with Crippen LogP contribution in [0.4, 0.5) is 0 Å². The van der Waals surface area contributed by atoms with Crippen molar-refractivity contribution >= 4 is 12.3 Å². The van der Waals surface area contributed by atoms with Gasteiger partial charge in [-0.1, -0.05) is 0 Å². The third-order valence-electron chi connectivity index (χ3n) is 4.02. The molecular formula is C16H22N2O4. The third-order valence-corrected chi connectivity index (χ3v) is 4.02. The normalized spacial score (nSPS) is 17.9. The van der Waals surface area contributed by atoms with Gasteiger partial charge in [-0.05, 0) is 31.9 Å². The van der Waals surface area contributed by atoms with E-state index in [2.05, 4.69) is 9.88 Å². The maximum Gasteiger partial charge on any atom is 0.307 e. The molecule has 6 heteroatoms. The fraction of sp³-hybridized carbons (Fsp3) is 0.562. The molecule has 1 aliphatic rings. The van der Waals surface area contributed by atoms with Crippen molar-refractivity contribution in [3.05, 3.63) is 29.6 Å². The molecule has 0 unspecified atom stereocenters. The molecule has 1 saturated heterocycles. The van der Waals surface area contributed by atoms with Gasteiger partial charge in [0, 0.05) is 31.4 Å². The molecule has 120 valence electrons. The Labute approximate surface area is 130 Å². The van der Waals surface area contributed by atoms with Crippen molar-refractivity contribution in [3.8, 4) is 0 Å². The molecule has 0 amide bonds. The Morgan fingerprint density at radius 3 is 2.73 bits per heavy atom. The van der Waals surface area contributed by atoms with E-state index < -0.39 is 5.60 Å². The number of ether oxygens (including phenoxy) is 1. The van der Waals surface area contributed by atoms with E-state index in [0.29, 0.717) is 56.8 Å². The largest absolute Gasteiger partial charge is 0.466 e. The Morgan fingerprint density at radius 2 is 2.18 bits per heavy atom. The van der Waals surface area contributed by atoms with Crippen molar-refractivity contribution in [2.45, 2.75) is 31.8 Å². The predicted molar refractivity (Wildman–Crippen MR) is 80.4 cm³/mol. The first-order valence-corrected chi connectivity index (χ1v) is 7.59. The standard InChI is InChI=1S/C16H22N2O4/c1-2-22-15(20)5-8-18-9-6-16(21,7-10-18)14-4-3-13(12-19)11-17-14/h3-4,11-12,21H,2,5-10H2,1H3. The first-order valence-electron chi connectivity index (χ1n) is 7.59. The predicted octanol–water partition coefficient (Wildman–Crippen LogP) is 1.13. The van der Waals surface area contributed by atoms with Gasteiger partial charge in [-0.2, -0.15) is 0 Å². The topological polar surface area (TPSA) is 79.7 Å². The van der Waals surface area contributed by atoms with Crippen molar-refractivity contribution in [3.63, 3.8) is 0 Å². The summed E-state index contributed by atoms with van der Waals surface area (Å²) < 4.78 is 4.91. The molecule has 1 aromatic rings. The molecular weight excluding hydrogens is 284 g/mol. The molecule has 1 N–H and O–H groups in total. The summed E-state index contributed by atoms with van der Waals surface area (Å²) in [7, 11) is 0. The molecule has 1 aliphatic heterocycles. The molecule has 0 spiro atoms. The summed E-state index contributed by atoms with van der Waals surface area (Å²) >= 11 is 0. The monoisotopic (exact) mass is 306 g/mol. The average molecular weight is 306 g/mol. The first-order chi connectivity index (χ1) is 10.6. The Bertz CT molecular complexity index is 507. The van der Waals surface area contributed by atoms with Gasteiger partial charge >= 0.3 is 5.97 Å². The number of nitrogens with zero attached hydrogens (tertiary/aromatic N) is 2. The summed E-state index contributed by atoms with van der Waals surface area (Å²) in [5.41, 5.74) is 0.143. The second-order valence-electron chi connectivity index (χ2n) is 5.52. The Balaban J connectivity index is 1.87. The lowest BCUT2D eigenvalue weighted by molar-refractivity contribution is -0.143. The number of esters is 1. The second-order valence-corrected chi connectivity index (χ2v) is 5.52. The highest BCUT2D eigenvalue weighted by Crippen LogP contribution is 2.31. The van der Waals surface area contributed by atoms with Crippen LogP contribution >= 0.6 is 0 Å². The van der Waals surface area contributed by atoms with Crippen molar-refractivity contribution in [1.82, 2.24) is 9.88 Å². The Morgan fingerprint density at radius 1 is 1.45 bits per heavy atom. The number of piperidine rings is 1. The summed E-state index contributed by atoms with van der Waals surface area (Å²) in [4.78, 5) is 28.3. The van der Waals surface area contributed by atoms with Gasteiger partial charge in [0.05, 0.1) is 18.7 Å². The van der Waals surface area contributed by atoms with Crippen molar-refractivity contribution in [2.24, 2.45) is 0 Å². The van der Waals surface area contributed by atoms with E-state index in [1.165, 1.54) is 6.20 Å². The van der Waals surface area contributed by atoms with Gasteiger partial charge in [0.2, 0.25) is 0 Å². The van der Waals surface area contributed by atoms with Crippen LogP contribution in [0.15, 0.2) is 18.3 Å². The van der Waals surface area contributed by atoms with E-state index in [1.807, 2.05) is 0 Å². The summed E-state index contributed by atoms with van der Waals surface area (Å²) in [6.45, 7) is 4.25. The van der Waals surface area contributed by atoms with Gasteiger partial charge in [0.15, 0.2) is 6.29 Å². The molecule has 0 aromatic carbocycles. The van der Waals surface area contributed by atoms with Crippen LogP contribution in [0.2, 0.25) is 0 Å².